The molecule has 108 valence electrons. The van der Waals surface area contributed by atoms with Crippen LogP contribution in [0.4, 0.5) is 0 Å². The monoisotopic (exact) mass is 270 g/mol. The lowest BCUT2D eigenvalue weighted by Crippen LogP contribution is -2.60. The molecule has 1 aliphatic rings. The summed E-state index contributed by atoms with van der Waals surface area (Å²) in [5, 5.41) is 3.79. The zero-order valence-corrected chi connectivity index (χ0v) is 12.7. The first kappa shape index (κ1) is 15.1. The van der Waals surface area contributed by atoms with Crippen LogP contribution in [0.15, 0.2) is 30.3 Å². The van der Waals surface area contributed by atoms with Crippen molar-refractivity contribution in [3.05, 3.63) is 35.9 Å². The van der Waals surface area contributed by atoms with Gasteiger partial charge in [0.1, 0.15) is 0 Å². The number of hydrogen-bond acceptors (Lipinski definition) is 2. The van der Waals surface area contributed by atoms with Crippen molar-refractivity contribution in [2.75, 3.05) is 19.6 Å². The molecular formula is C18H26N2. The molecule has 0 spiro atoms. The third kappa shape index (κ3) is 3.23. The summed E-state index contributed by atoms with van der Waals surface area (Å²) in [6, 6.07) is 11.2. The van der Waals surface area contributed by atoms with Gasteiger partial charge in [-0.05, 0) is 18.4 Å². The summed E-state index contributed by atoms with van der Waals surface area (Å²) in [4.78, 5) is 2.57. The van der Waals surface area contributed by atoms with E-state index in [9.17, 15) is 0 Å². The molecule has 1 aromatic rings. The van der Waals surface area contributed by atoms with Crippen LogP contribution < -0.4 is 5.32 Å². The topological polar surface area (TPSA) is 15.3 Å². The Balaban J connectivity index is 2.18. The van der Waals surface area contributed by atoms with Crippen LogP contribution in [0.3, 0.4) is 0 Å². The number of benzene rings is 1. The number of rotatable bonds is 5. The van der Waals surface area contributed by atoms with Crippen molar-refractivity contribution < 1.29 is 0 Å². The van der Waals surface area contributed by atoms with Crippen LogP contribution in [-0.2, 0) is 0 Å². The zero-order chi connectivity index (χ0) is 14.4. The molecule has 20 heavy (non-hydrogen) atoms. The highest BCUT2D eigenvalue weighted by Crippen LogP contribution is 2.30. The minimum absolute atomic E-state index is 0.250. The highest BCUT2D eigenvalue weighted by atomic mass is 15.3. The summed E-state index contributed by atoms with van der Waals surface area (Å²) in [6.45, 7) is 7.63. The van der Waals surface area contributed by atoms with Crippen LogP contribution in [-0.4, -0.2) is 30.1 Å². The quantitative estimate of drug-likeness (QED) is 0.827. The van der Waals surface area contributed by atoms with Crippen molar-refractivity contribution in [2.24, 2.45) is 0 Å². The second-order valence-electron chi connectivity index (χ2n) is 5.72. The van der Waals surface area contributed by atoms with Gasteiger partial charge in [0.05, 0.1) is 0 Å². The smallest absolute Gasteiger partial charge is 0.0474 e. The number of terminal acetylenes is 1. The Hall–Kier alpha value is -1.30. The van der Waals surface area contributed by atoms with Gasteiger partial charge < -0.3 is 5.32 Å². The molecule has 2 nitrogen and oxygen atoms in total. The molecule has 1 atom stereocenters. The minimum Gasteiger partial charge on any atom is -0.308 e. The Labute approximate surface area is 123 Å². The molecule has 1 aliphatic heterocycles. The van der Waals surface area contributed by atoms with Crippen LogP contribution >= 0.6 is 0 Å². The van der Waals surface area contributed by atoms with Crippen LogP contribution in [0.25, 0.3) is 0 Å². The van der Waals surface area contributed by atoms with E-state index in [0.717, 1.165) is 38.9 Å². The fraction of sp³-hybridized carbons (Fsp3) is 0.556. The van der Waals surface area contributed by atoms with Gasteiger partial charge in [-0.25, -0.2) is 0 Å². The summed E-state index contributed by atoms with van der Waals surface area (Å²) >= 11 is 0. The van der Waals surface area contributed by atoms with E-state index < -0.39 is 0 Å². The SMILES string of the molecule is C#CCCN1CC(CC)(CC)NCC1c1ccccc1. The van der Waals surface area contributed by atoms with Gasteiger partial charge in [-0.3, -0.25) is 4.90 Å². The summed E-state index contributed by atoms with van der Waals surface area (Å²) < 4.78 is 0. The van der Waals surface area contributed by atoms with Crippen molar-refractivity contribution >= 4 is 0 Å². The molecule has 1 N–H and O–H groups in total. The molecular weight excluding hydrogens is 244 g/mol. The van der Waals surface area contributed by atoms with E-state index in [1.165, 1.54) is 5.56 Å². The van der Waals surface area contributed by atoms with Crippen LogP contribution in [0, 0.1) is 12.3 Å². The van der Waals surface area contributed by atoms with Crippen molar-refractivity contribution in [2.45, 2.75) is 44.7 Å². The van der Waals surface area contributed by atoms with Crippen molar-refractivity contribution in [1.29, 1.82) is 0 Å². The van der Waals surface area contributed by atoms with Crippen molar-refractivity contribution in [1.82, 2.24) is 10.2 Å². The Bertz CT molecular complexity index is 442. The van der Waals surface area contributed by atoms with E-state index in [0.29, 0.717) is 6.04 Å². The van der Waals surface area contributed by atoms with E-state index in [1.54, 1.807) is 0 Å². The Kier molecular flexibility index (Phi) is 5.23. The van der Waals surface area contributed by atoms with Crippen LogP contribution in [0.1, 0.15) is 44.7 Å². The second kappa shape index (κ2) is 6.92. The fourth-order valence-electron chi connectivity index (χ4n) is 3.17. The number of nitrogens with zero attached hydrogens (tertiary/aromatic N) is 1. The van der Waals surface area contributed by atoms with E-state index in [2.05, 4.69) is 60.3 Å². The van der Waals surface area contributed by atoms with Gasteiger partial charge in [-0.1, -0.05) is 44.2 Å². The third-order valence-electron chi connectivity index (χ3n) is 4.70. The number of nitrogens with one attached hydrogen (secondary N) is 1. The number of piperazine rings is 1. The summed E-state index contributed by atoms with van der Waals surface area (Å²) in [5.74, 6) is 2.79. The standard InChI is InChI=1S/C18H26N2/c1-4-7-13-20-15-18(5-2,6-3)19-14-17(20)16-11-9-8-10-12-16/h1,8-12,17,19H,5-7,13-15H2,2-3H3. The Morgan fingerprint density at radius 2 is 2.00 bits per heavy atom. The first-order valence-corrected chi connectivity index (χ1v) is 7.72. The summed E-state index contributed by atoms with van der Waals surface area (Å²) in [5.41, 5.74) is 1.64. The average Bonchev–Trinajstić information content (AvgIpc) is 2.53. The van der Waals surface area contributed by atoms with Crippen molar-refractivity contribution in [3.63, 3.8) is 0 Å². The summed E-state index contributed by atoms with van der Waals surface area (Å²) in [6.07, 6.45) is 8.62. The van der Waals surface area contributed by atoms with E-state index in [4.69, 9.17) is 6.42 Å². The predicted octanol–water partition coefficient (Wildman–Crippen LogP) is 3.22. The Morgan fingerprint density at radius 1 is 1.30 bits per heavy atom. The van der Waals surface area contributed by atoms with Gasteiger partial charge >= 0.3 is 0 Å². The highest BCUT2D eigenvalue weighted by molar-refractivity contribution is 5.21. The first-order valence-electron chi connectivity index (χ1n) is 7.72. The molecule has 0 saturated carbocycles. The minimum atomic E-state index is 0.250. The molecule has 0 amide bonds. The molecule has 0 aromatic heterocycles. The third-order valence-corrected chi connectivity index (χ3v) is 4.70. The zero-order valence-electron chi connectivity index (χ0n) is 12.7. The predicted molar refractivity (Wildman–Crippen MR) is 85.5 cm³/mol. The highest BCUT2D eigenvalue weighted by Gasteiger charge is 2.36. The molecule has 1 heterocycles. The lowest BCUT2D eigenvalue weighted by molar-refractivity contribution is 0.0742. The van der Waals surface area contributed by atoms with Crippen LogP contribution in [0.5, 0.6) is 0 Å². The van der Waals surface area contributed by atoms with Gasteiger partial charge in [0.15, 0.2) is 0 Å². The maximum absolute atomic E-state index is 5.47. The second-order valence-corrected chi connectivity index (χ2v) is 5.72. The normalized spacial score (nSPS) is 22.4. The first-order chi connectivity index (χ1) is 9.74. The van der Waals surface area contributed by atoms with E-state index in [1.807, 2.05) is 0 Å². The summed E-state index contributed by atoms with van der Waals surface area (Å²) in [7, 11) is 0. The van der Waals surface area contributed by atoms with Gasteiger partial charge in [0, 0.05) is 37.6 Å². The van der Waals surface area contributed by atoms with E-state index in [-0.39, 0.29) is 5.54 Å². The van der Waals surface area contributed by atoms with E-state index >= 15 is 0 Å². The van der Waals surface area contributed by atoms with Gasteiger partial charge in [0.25, 0.3) is 0 Å². The molecule has 0 radical (unpaired) electrons. The molecule has 1 unspecified atom stereocenters. The molecule has 0 bridgehead atoms. The molecule has 1 saturated heterocycles. The fourth-order valence-corrected chi connectivity index (χ4v) is 3.17. The Morgan fingerprint density at radius 3 is 2.60 bits per heavy atom. The largest absolute Gasteiger partial charge is 0.308 e. The van der Waals surface area contributed by atoms with Gasteiger partial charge in [0.2, 0.25) is 0 Å². The van der Waals surface area contributed by atoms with Crippen LogP contribution in [0.2, 0.25) is 0 Å². The van der Waals surface area contributed by atoms with Gasteiger partial charge in [-0.15, -0.1) is 12.3 Å². The molecule has 1 fully saturated rings. The maximum Gasteiger partial charge on any atom is 0.0474 e. The molecule has 0 aliphatic carbocycles. The lowest BCUT2D eigenvalue weighted by atomic mass is 9.87. The van der Waals surface area contributed by atoms with Gasteiger partial charge in [-0.2, -0.15) is 0 Å². The molecule has 1 aromatic carbocycles. The average molecular weight is 270 g/mol. The molecule has 2 rings (SSSR count). The number of hydrogen-bond donors (Lipinski definition) is 1. The molecule has 2 heteroatoms. The lowest BCUT2D eigenvalue weighted by Gasteiger charge is -2.47. The maximum atomic E-state index is 5.47. The van der Waals surface area contributed by atoms with Crippen molar-refractivity contribution in [3.8, 4) is 12.3 Å².